The molecule has 0 aliphatic carbocycles. The van der Waals surface area contributed by atoms with Crippen LogP contribution in [-0.4, -0.2) is 43.0 Å². The Morgan fingerprint density at radius 1 is 1.48 bits per heavy atom. The Morgan fingerprint density at radius 2 is 2.26 bits per heavy atom. The lowest BCUT2D eigenvalue weighted by atomic mass is 9.82. The lowest BCUT2D eigenvalue weighted by Crippen LogP contribution is -2.45. The van der Waals surface area contributed by atoms with Gasteiger partial charge in [-0.2, -0.15) is 0 Å². The van der Waals surface area contributed by atoms with E-state index in [4.69, 9.17) is 4.74 Å². The van der Waals surface area contributed by atoms with Crippen molar-refractivity contribution >= 4 is 17.6 Å². The van der Waals surface area contributed by atoms with Gasteiger partial charge in [-0.3, -0.25) is 9.89 Å². The fourth-order valence-corrected chi connectivity index (χ4v) is 4.87. The first kappa shape index (κ1) is 22.1. The summed E-state index contributed by atoms with van der Waals surface area (Å²) >= 11 is 1.89. The van der Waals surface area contributed by atoms with Crippen LogP contribution < -0.4 is 0 Å². The van der Waals surface area contributed by atoms with E-state index in [1.807, 2.05) is 36.8 Å². The zero-order chi connectivity index (χ0) is 19.9. The van der Waals surface area contributed by atoms with Crippen molar-refractivity contribution in [1.29, 1.82) is 0 Å². The zero-order valence-electron chi connectivity index (χ0n) is 17.8. The summed E-state index contributed by atoms with van der Waals surface area (Å²) < 4.78 is 5.95. The number of rotatable bonds is 10. The summed E-state index contributed by atoms with van der Waals surface area (Å²) in [4.78, 5) is 8.45. The number of thiophene rings is 1. The van der Waals surface area contributed by atoms with Gasteiger partial charge in [0, 0.05) is 41.4 Å². The van der Waals surface area contributed by atoms with Gasteiger partial charge in [0.1, 0.15) is 0 Å². The number of hydrogen-bond donors (Lipinski definition) is 0. The van der Waals surface area contributed by atoms with Gasteiger partial charge < -0.3 is 4.74 Å². The molecule has 4 heteroatoms. The van der Waals surface area contributed by atoms with Crippen molar-refractivity contribution in [3.05, 3.63) is 46.3 Å². The molecule has 1 aromatic rings. The minimum absolute atomic E-state index is 0.0823. The van der Waals surface area contributed by atoms with Crippen LogP contribution in [0.2, 0.25) is 0 Å². The molecule has 3 nitrogen and oxygen atoms in total. The molecule has 0 N–H and O–H groups in total. The summed E-state index contributed by atoms with van der Waals surface area (Å²) in [5, 5.41) is 2.21. The molecule has 0 saturated carbocycles. The number of ether oxygens (including phenoxy) is 1. The Labute approximate surface area is 169 Å². The van der Waals surface area contributed by atoms with Crippen LogP contribution in [0, 0.1) is 12.3 Å². The van der Waals surface area contributed by atoms with E-state index in [1.54, 1.807) is 0 Å². The Bertz CT molecular complexity index is 674. The van der Waals surface area contributed by atoms with Gasteiger partial charge in [0.2, 0.25) is 0 Å². The summed E-state index contributed by atoms with van der Waals surface area (Å²) in [7, 11) is 0. The van der Waals surface area contributed by atoms with E-state index < -0.39 is 0 Å². The van der Waals surface area contributed by atoms with E-state index >= 15 is 0 Å². The van der Waals surface area contributed by atoms with Crippen LogP contribution >= 0.6 is 11.3 Å². The van der Waals surface area contributed by atoms with Gasteiger partial charge in [0.05, 0.1) is 6.61 Å². The number of hydrogen-bond acceptors (Lipinski definition) is 4. The number of likely N-dealkylation sites (tertiary alicyclic amines) is 1. The van der Waals surface area contributed by atoms with Gasteiger partial charge in [-0.25, -0.2) is 0 Å². The Morgan fingerprint density at radius 3 is 2.85 bits per heavy atom. The highest BCUT2D eigenvalue weighted by molar-refractivity contribution is 7.10. The normalized spacial score (nSPS) is 22.0. The molecule has 27 heavy (non-hydrogen) atoms. The average Bonchev–Trinajstić information content (AvgIpc) is 3.26. The van der Waals surface area contributed by atoms with Gasteiger partial charge in [-0.1, -0.05) is 12.7 Å². The molecule has 1 saturated heterocycles. The van der Waals surface area contributed by atoms with Crippen molar-refractivity contribution < 1.29 is 4.74 Å². The smallest absolute Gasteiger partial charge is 0.0535 e. The molecule has 2 heterocycles. The molecule has 0 amide bonds. The second-order valence-corrected chi connectivity index (χ2v) is 9.09. The molecule has 0 spiro atoms. The van der Waals surface area contributed by atoms with Crippen LogP contribution in [0.4, 0.5) is 0 Å². The molecular weight excluding hydrogens is 352 g/mol. The molecule has 0 radical (unpaired) electrons. The molecule has 2 rings (SSSR count). The maximum absolute atomic E-state index is 5.95. The van der Waals surface area contributed by atoms with Gasteiger partial charge in [-0.05, 0) is 83.0 Å². The summed E-state index contributed by atoms with van der Waals surface area (Å²) in [6.45, 7) is 18.6. The van der Waals surface area contributed by atoms with Gasteiger partial charge in [0.15, 0.2) is 0 Å². The van der Waals surface area contributed by atoms with Gasteiger partial charge >= 0.3 is 0 Å². The quantitative estimate of drug-likeness (QED) is 0.382. The van der Waals surface area contributed by atoms with Crippen molar-refractivity contribution in [3.8, 4) is 0 Å². The third-order valence-corrected chi connectivity index (χ3v) is 7.06. The minimum Gasteiger partial charge on any atom is -0.381 e. The highest BCUT2D eigenvalue weighted by atomic mass is 32.1. The predicted octanol–water partition coefficient (Wildman–Crippen LogP) is 5.66. The second-order valence-electron chi connectivity index (χ2n) is 8.09. The van der Waals surface area contributed by atoms with Crippen LogP contribution in [0.3, 0.4) is 0 Å². The minimum atomic E-state index is -0.0823. The monoisotopic (exact) mass is 388 g/mol. The van der Waals surface area contributed by atoms with E-state index in [-0.39, 0.29) is 11.0 Å². The summed E-state index contributed by atoms with van der Waals surface area (Å²) in [5.41, 5.74) is 2.74. The highest BCUT2D eigenvalue weighted by Gasteiger charge is 2.43. The van der Waals surface area contributed by atoms with Crippen molar-refractivity contribution in [2.24, 2.45) is 10.4 Å². The van der Waals surface area contributed by atoms with E-state index in [9.17, 15) is 0 Å². The third kappa shape index (κ3) is 5.40. The molecule has 1 fully saturated rings. The second kappa shape index (κ2) is 9.81. The van der Waals surface area contributed by atoms with Gasteiger partial charge in [0.25, 0.3) is 0 Å². The first-order chi connectivity index (χ1) is 12.9. The lowest BCUT2D eigenvalue weighted by Gasteiger charge is -2.38. The standard InChI is InChI=1S/C23H36N2OS/c1-7-20(16-24-8-2)22(5,6)25-14-13-23(17-25,18-26-9-3)12-10-21-19(4)11-15-27-21/h7-8,11,15-16H,1,9-10,12-14,17-18H2,2-6H3/b20-16+,24-8?. The number of aliphatic imine (C=N–C) groups is 1. The van der Waals surface area contributed by atoms with E-state index in [0.717, 1.165) is 32.7 Å². The van der Waals surface area contributed by atoms with E-state index in [2.05, 4.69) is 55.6 Å². The van der Waals surface area contributed by atoms with Gasteiger partial charge in [-0.15, -0.1) is 11.3 Å². The van der Waals surface area contributed by atoms with Crippen LogP contribution in [0.25, 0.3) is 0 Å². The molecular formula is C23H36N2OS. The Balaban J connectivity index is 2.16. The largest absolute Gasteiger partial charge is 0.381 e. The van der Waals surface area contributed by atoms with Crippen LogP contribution in [0.15, 0.2) is 40.9 Å². The topological polar surface area (TPSA) is 24.8 Å². The molecule has 1 aliphatic rings. The average molecular weight is 389 g/mol. The molecule has 1 aliphatic heterocycles. The molecule has 150 valence electrons. The first-order valence-electron chi connectivity index (χ1n) is 10.0. The first-order valence-corrected chi connectivity index (χ1v) is 10.9. The van der Waals surface area contributed by atoms with E-state index in [1.165, 1.54) is 28.9 Å². The highest BCUT2D eigenvalue weighted by Crippen LogP contribution is 2.41. The van der Waals surface area contributed by atoms with Crippen LogP contribution in [0.1, 0.15) is 51.0 Å². The molecule has 1 atom stereocenters. The fraction of sp³-hybridized carbons (Fsp3) is 0.609. The Hall–Kier alpha value is -1.23. The third-order valence-electron chi connectivity index (χ3n) is 5.98. The number of aryl methyl sites for hydroxylation is 2. The fourth-order valence-electron chi connectivity index (χ4n) is 3.96. The maximum atomic E-state index is 5.95. The molecule has 0 bridgehead atoms. The number of nitrogens with zero attached hydrogens (tertiary/aromatic N) is 2. The van der Waals surface area contributed by atoms with Crippen molar-refractivity contribution in [2.45, 2.75) is 59.4 Å². The SMILES string of the molecule is C=C/C(=C\N=CC)C(C)(C)N1CCC(CCc2sccc2C)(COCC)C1. The van der Waals surface area contributed by atoms with Crippen molar-refractivity contribution in [2.75, 3.05) is 26.3 Å². The molecule has 1 unspecified atom stereocenters. The van der Waals surface area contributed by atoms with Crippen LogP contribution in [-0.2, 0) is 11.2 Å². The zero-order valence-corrected chi connectivity index (χ0v) is 18.6. The lowest BCUT2D eigenvalue weighted by molar-refractivity contribution is 0.0429. The molecule has 1 aromatic heterocycles. The summed E-state index contributed by atoms with van der Waals surface area (Å²) in [6.07, 6.45) is 9.24. The van der Waals surface area contributed by atoms with Crippen molar-refractivity contribution in [1.82, 2.24) is 4.90 Å². The van der Waals surface area contributed by atoms with Crippen LogP contribution in [0.5, 0.6) is 0 Å². The van der Waals surface area contributed by atoms with E-state index in [0.29, 0.717) is 0 Å². The maximum Gasteiger partial charge on any atom is 0.0535 e. The van der Waals surface area contributed by atoms with Crippen molar-refractivity contribution in [3.63, 3.8) is 0 Å². The summed E-state index contributed by atoms with van der Waals surface area (Å²) in [6, 6.07) is 2.23. The Kier molecular flexibility index (Phi) is 8.02. The summed E-state index contributed by atoms with van der Waals surface area (Å²) in [5.74, 6) is 0. The molecule has 0 aromatic carbocycles. The predicted molar refractivity (Wildman–Crippen MR) is 119 cm³/mol.